The Morgan fingerprint density at radius 2 is 1.93 bits per heavy atom. The Balaban J connectivity index is 1.62. The molecule has 0 bridgehead atoms. The number of rotatable bonds is 4. The molecule has 0 radical (unpaired) electrons. The van der Waals surface area contributed by atoms with Gasteiger partial charge in [0.15, 0.2) is 0 Å². The normalized spacial score (nSPS) is 14.1. The lowest BCUT2D eigenvalue weighted by molar-refractivity contribution is 0.0602. The molecule has 3 aromatic rings. The number of nitrogens with one attached hydrogen (secondary N) is 2. The van der Waals surface area contributed by atoms with Crippen LogP contribution in [0.4, 0.5) is 11.4 Å². The Morgan fingerprint density at radius 3 is 2.69 bits per heavy atom. The Hall–Kier alpha value is -3.03. The van der Waals surface area contributed by atoms with Crippen LogP contribution in [0.15, 0.2) is 42.5 Å². The number of hydrogen-bond acceptors (Lipinski definition) is 5. The maximum Gasteiger partial charge on any atom is 0.340 e. The molecule has 150 valence electrons. The maximum absolute atomic E-state index is 12.8. The van der Waals surface area contributed by atoms with Crippen molar-refractivity contribution in [3.8, 4) is 0 Å². The van der Waals surface area contributed by atoms with Crippen LogP contribution in [0.3, 0.4) is 0 Å². The third kappa shape index (κ3) is 4.06. The molecule has 0 saturated carbocycles. The second-order valence-electron chi connectivity index (χ2n) is 6.69. The molecule has 0 unspecified atom stereocenters. The second kappa shape index (κ2) is 8.14. The zero-order chi connectivity index (χ0) is 20.4. The number of esters is 1. The van der Waals surface area contributed by atoms with Gasteiger partial charge in [0.1, 0.15) is 5.69 Å². The molecule has 2 N–H and O–H groups in total. The number of hydrogen-bond donors (Lipinski definition) is 2. The van der Waals surface area contributed by atoms with E-state index in [0.29, 0.717) is 35.2 Å². The molecule has 4 rings (SSSR count). The minimum absolute atomic E-state index is 0.295. The summed E-state index contributed by atoms with van der Waals surface area (Å²) < 4.78 is 10.3. The average Bonchev–Trinajstić information content (AvgIpc) is 3.17. The predicted molar refractivity (Wildman–Crippen MR) is 112 cm³/mol. The quantitative estimate of drug-likeness (QED) is 0.637. The van der Waals surface area contributed by atoms with Gasteiger partial charge in [0.05, 0.1) is 31.6 Å². The van der Waals surface area contributed by atoms with Gasteiger partial charge < -0.3 is 24.7 Å². The van der Waals surface area contributed by atoms with Crippen molar-refractivity contribution in [2.24, 2.45) is 0 Å². The highest BCUT2D eigenvalue weighted by Crippen LogP contribution is 2.26. The number of carbonyl (C=O) groups excluding carboxylic acids is 2. The summed E-state index contributed by atoms with van der Waals surface area (Å²) in [6.07, 6.45) is 0. The van der Waals surface area contributed by atoms with Crippen molar-refractivity contribution in [1.29, 1.82) is 0 Å². The van der Waals surface area contributed by atoms with Gasteiger partial charge in [-0.3, -0.25) is 4.79 Å². The van der Waals surface area contributed by atoms with Gasteiger partial charge in [-0.1, -0.05) is 11.6 Å². The molecule has 1 aromatic heterocycles. The van der Waals surface area contributed by atoms with Crippen molar-refractivity contribution in [1.82, 2.24) is 4.98 Å². The molecule has 0 atom stereocenters. The molecule has 0 aliphatic carbocycles. The summed E-state index contributed by atoms with van der Waals surface area (Å²) in [5, 5.41) is 4.23. The molecule has 1 amide bonds. The van der Waals surface area contributed by atoms with Crippen LogP contribution < -0.4 is 10.2 Å². The van der Waals surface area contributed by atoms with Crippen LogP contribution in [0, 0.1) is 0 Å². The highest BCUT2D eigenvalue weighted by Gasteiger charge is 2.19. The standard InChI is InChI=1S/C21H20ClN3O4/c1-28-21(27)16-12-15(25-6-8-29-9-7-25)3-5-18(16)24-20(26)19-11-13-10-14(22)2-4-17(13)23-19/h2-5,10-12,23H,6-9H2,1H3,(H,24,26). The van der Waals surface area contributed by atoms with Crippen LogP contribution in [0.5, 0.6) is 0 Å². The summed E-state index contributed by atoms with van der Waals surface area (Å²) in [5.41, 5.74) is 2.73. The van der Waals surface area contributed by atoms with Gasteiger partial charge in [-0.2, -0.15) is 0 Å². The Bertz CT molecular complexity index is 1070. The molecule has 1 saturated heterocycles. The third-order valence-electron chi connectivity index (χ3n) is 4.86. The maximum atomic E-state index is 12.8. The van der Waals surface area contributed by atoms with E-state index in [4.69, 9.17) is 21.1 Å². The molecule has 8 heteroatoms. The number of ether oxygens (including phenoxy) is 2. The van der Waals surface area contributed by atoms with Gasteiger partial charge in [0.2, 0.25) is 0 Å². The topological polar surface area (TPSA) is 83.7 Å². The molecule has 2 aromatic carbocycles. The van der Waals surface area contributed by atoms with Crippen molar-refractivity contribution in [3.05, 3.63) is 58.7 Å². The number of halogens is 1. The lowest BCUT2D eigenvalue weighted by atomic mass is 10.1. The first-order chi connectivity index (χ1) is 14.0. The van der Waals surface area contributed by atoms with Crippen molar-refractivity contribution < 1.29 is 19.1 Å². The molecule has 1 aliphatic heterocycles. The molecular formula is C21H20ClN3O4. The summed E-state index contributed by atoms with van der Waals surface area (Å²) in [4.78, 5) is 30.3. The molecule has 0 spiro atoms. The summed E-state index contributed by atoms with van der Waals surface area (Å²) in [6.45, 7) is 2.75. The lowest BCUT2D eigenvalue weighted by Crippen LogP contribution is -2.36. The van der Waals surface area contributed by atoms with Crippen LogP contribution >= 0.6 is 11.6 Å². The largest absolute Gasteiger partial charge is 0.465 e. The number of fused-ring (bicyclic) bond motifs is 1. The second-order valence-corrected chi connectivity index (χ2v) is 7.13. The predicted octanol–water partition coefficient (Wildman–Crippen LogP) is 3.70. The van der Waals surface area contributed by atoms with Gasteiger partial charge in [-0.15, -0.1) is 0 Å². The van der Waals surface area contributed by atoms with E-state index in [1.165, 1.54) is 7.11 Å². The summed E-state index contributed by atoms with van der Waals surface area (Å²) in [7, 11) is 1.32. The van der Waals surface area contributed by atoms with E-state index in [0.717, 1.165) is 29.7 Å². The number of amides is 1. The first-order valence-electron chi connectivity index (χ1n) is 9.20. The summed E-state index contributed by atoms with van der Waals surface area (Å²) in [5.74, 6) is -0.875. The van der Waals surface area contributed by atoms with Crippen LogP contribution in [-0.4, -0.2) is 50.3 Å². The number of methoxy groups -OCH3 is 1. The molecule has 7 nitrogen and oxygen atoms in total. The molecule has 1 aliphatic rings. The molecule has 1 fully saturated rings. The average molecular weight is 414 g/mol. The third-order valence-corrected chi connectivity index (χ3v) is 5.10. The minimum Gasteiger partial charge on any atom is -0.465 e. The molecule has 2 heterocycles. The Labute approximate surface area is 172 Å². The smallest absolute Gasteiger partial charge is 0.340 e. The van der Waals surface area contributed by atoms with Gasteiger partial charge in [0, 0.05) is 34.7 Å². The van der Waals surface area contributed by atoms with Gasteiger partial charge in [-0.25, -0.2) is 4.79 Å². The Kier molecular flexibility index (Phi) is 5.42. The van der Waals surface area contributed by atoms with Crippen LogP contribution in [0.1, 0.15) is 20.8 Å². The fraction of sp³-hybridized carbons (Fsp3) is 0.238. The van der Waals surface area contributed by atoms with E-state index < -0.39 is 5.97 Å². The summed E-state index contributed by atoms with van der Waals surface area (Å²) >= 11 is 6.01. The van der Waals surface area contributed by atoms with Gasteiger partial charge in [-0.05, 0) is 42.5 Å². The van der Waals surface area contributed by atoms with E-state index >= 15 is 0 Å². The van der Waals surface area contributed by atoms with E-state index in [9.17, 15) is 9.59 Å². The number of carbonyl (C=O) groups is 2. The molecule has 29 heavy (non-hydrogen) atoms. The van der Waals surface area contributed by atoms with E-state index in [-0.39, 0.29) is 5.91 Å². The van der Waals surface area contributed by atoms with Crippen molar-refractivity contribution in [2.75, 3.05) is 43.6 Å². The van der Waals surface area contributed by atoms with Crippen LogP contribution in [0.2, 0.25) is 5.02 Å². The highest BCUT2D eigenvalue weighted by atomic mass is 35.5. The van der Waals surface area contributed by atoms with Gasteiger partial charge >= 0.3 is 5.97 Å². The fourth-order valence-electron chi connectivity index (χ4n) is 3.35. The van der Waals surface area contributed by atoms with Crippen molar-refractivity contribution >= 4 is 45.8 Å². The van der Waals surface area contributed by atoms with Crippen molar-refractivity contribution in [3.63, 3.8) is 0 Å². The van der Waals surface area contributed by atoms with Crippen LogP contribution in [-0.2, 0) is 9.47 Å². The highest BCUT2D eigenvalue weighted by molar-refractivity contribution is 6.31. The summed E-state index contributed by atoms with van der Waals surface area (Å²) in [6, 6.07) is 12.4. The number of aromatic amines is 1. The number of nitrogens with zero attached hydrogens (tertiary/aromatic N) is 1. The Morgan fingerprint density at radius 1 is 1.14 bits per heavy atom. The number of anilines is 2. The first-order valence-corrected chi connectivity index (χ1v) is 9.57. The fourth-order valence-corrected chi connectivity index (χ4v) is 3.53. The zero-order valence-corrected chi connectivity index (χ0v) is 16.6. The van der Waals surface area contributed by atoms with Crippen molar-refractivity contribution in [2.45, 2.75) is 0 Å². The monoisotopic (exact) mass is 413 g/mol. The lowest BCUT2D eigenvalue weighted by Gasteiger charge is -2.29. The number of morpholine rings is 1. The molecular weight excluding hydrogens is 394 g/mol. The van der Waals surface area contributed by atoms with E-state index in [2.05, 4.69) is 15.2 Å². The van der Waals surface area contributed by atoms with E-state index in [1.807, 2.05) is 12.1 Å². The first kappa shape index (κ1) is 19.3. The zero-order valence-electron chi connectivity index (χ0n) is 15.8. The number of H-pyrrole nitrogens is 1. The minimum atomic E-state index is -0.515. The van der Waals surface area contributed by atoms with Crippen LogP contribution in [0.25, 0.3) is 10.9 Å². The van der Waals surface area contributed by atoms with Gasteiger partial charge in [0.25, 0.3) is 5.91 Å². The number of aromatic nitrogens is 1. The van der Waals surface area contributed by atoms with E-state index in [1.54, 1.807) is 30.3 Å². The SMILES string of the molecule is COC(=O)c1cc(N2CCOCC2)ccc1NC(=O)c1cc2cc(Cl)ccc2[nH]1. The number of benzene rings is 2.